The van der Waals surface area contributed by atoms with Gasteiger partial charge in [-0.15, -0.1) is 0 Å². The number of benzene rings is 2. The first kappa shape index (κ1) is 15.2. The summed E-state index contributed by atoms with van der Waals surface area (Å²) in [6.07, 6.45) is 0. The lowest BCUT2D eigenvalue weighted by atomic mass is 10.2. The van der Waals surface area contributed by atoms with Crippen molar-refractivity contribution >= 4 is 50.8 Å². The van der Waals surface area contributed by atoms with E-state index in [0.29, 0.717) is 5.69 Å². The Morgan fingerprint density at radius 1 is 1.25 bits per heavy atom. The van der Waals surface area contributed by atoms with Crippen molar-refractivity contribution in [2.75, 3.05) is 5.73 Å². The summed E-state index contributed by atoms with van der Waals surface area (Å²) in [5.74, 6) is -0.569. The molecule has 0 heterocycles. The van der Waals surface area contributed by atoms with Gasteiger partial charge in [0.2, 0.25) is 0 Å². The number of anilines is 1. The van der Waals surface area contributed by atoms with Gasteiger partial charge < -0.3 is 10.5 Å². The molecule has 2 aromatic rings. The van der Waals surface area contributed by atoms with Crippen LogP contribution in [0.3, 0.4) is 0 Å². The minimum absolute atomic E-state index is 0.128. The van der Waals surface area contributed by atoms with Crippen molar-refractivity contribution in [3.8, 4) is 0 Å². The summed E-state index contributed by atoms with van der Waals surface area (Å²) in [6, 6.07) is 10.4. The second-order valence-corrected chi connectivity index (χ2v) is 5.67. The van der Waals surface area contributed by atoms with E-state index >= 15 is 0 Å². The second kappa shape index (κ2) is 6.48. The monoisotopic (exact) mass is 373 g/mol. The molecule has 0 saturated heterocycles. The van der Waals surface area contributed by atoms with E-state index in [2.05, 4.69) is 15.9 Å². The number of halogens is 3. The van der Waals surface area contributed by atoms with Gasteiger partial charge in [-0.05, 0) is 18.2 Å². The summed E-state index contributed by atoms with van der Waals surface area (Å²) in [7, 11) is 0. The smallest absolute Gasteiger partial charge is 0.340 e. The minimum Gasteiger partial charge on any atom is -0.457 e. The van der Waals surface area contributed by atoms with E-state index in [9.17, 15) is 4.79 Å². The Labute approximate surface area is 134 Å². The molecule has 2 aromatic carbocycles. The molecule has 0 amide bonds. The molecule has 0 aliphatic heterocycles. The van der Waals surface area contributed by atoms with Crippen molar-refractivity contribution < 1.29 is 9.53 Å². The molecule has 6 heteroatoms. The highest BCUT2D eigenvalue weighted by Gasteiger charge is 2.16. The zero-order valence-corrected chi connectivity index (χ0v) is 13.3. The maximum atomic E-state index is 12.0. The highest BCUT2D eigenvalue weighted by atomic mass is 79.9. The lowest BCUT2D eigenvalue weighted by molar-refractivity contribution is 0.0472. The summed E-state index contributed by atoms with van der Waals surface area (Å²) in [5, 5.41) is 0.359. The number of nitrogen functional groups attached to an aromatic ring is 1. The van der Waals surface area contributed by atoms with Gasteiger partial charge in [-0.25, -0.2) is 4.79 Å². The van der Waals surface area contributed by atoms with Crippen LogP contribution >= 0.6 is 39.1 Å². The van der Waals surface area contributed by atoms with E-state index in [-0.39, 0.29) is 22.2 Å². The molecule has 0 aromatic heterocycles. The SMILES string of the molecule is Nc1cc(Cl)c(Cl)c(C(=O)OCc2ccccc2Br)c1. The third kappa shape index (κ3) is 3.45. The van der Waals surface area contributed by atoms with Crippen molar-refractivity contribution in [2.45, 2.75) is 6.61 Å². The maximum absolute atomic E-state index is 12.0. The molecule has 2 rings (SSSR count). The van der Waals surface area contributed by atoms with Crippen LogP contribution in [-0.4, -0.2) is 5.97 Å². The molecule has 2 N–H and O–H groups in total. The fourth-order valence-electron chi connectivity index (χ4n) is 1.60. The van der Waals surface area contributed by atoms with Crippen LogP contribution in [0.5, 0.6) is 0 Å². The number of ether oxygens (including phenoxy) is 1. The third-order valence-electron chi connectivity index (χ3n) is 2.59. The standard InChI is InChI=1S/C14H10BrCl2NO2/c15-11-4-2-1-3-8(11)7-20-14(19)10-5-9(18)6-12(16)13(10)17/h1-6H,7,18H2. The quantitative estimate of drug-likeness (QED) is 0.626. The summed E-state index contributed by atoms with van der Waals surface area (Å²) in [4.78, 5) is 12.0. The average Bonchev–Trinajstić information content (AvgIpc) is 2.41. The topological polar surface area (TPSA) is 52.3 Å². The average molecular weight is 375 g/mol. The lowest BCUT2D eigenvalue weighted by Gasteiger charge is -2.09. The Morgan fingerprint density at radius 3 is 2.65 bits per heavy atom. The first-order valence-corrected chi connectivity index (χ1v) is 7.19. The molecular formula is C14H10BrCl2NO2. The normalized spacial score (nSPS) is 10.3. The number of rotatable bonds is 3. The van der Waals surface area contributed by atoms with Crippen LogP contribution in [0.2, 0.25) is 10.0 Å². The predicted molar refractivity (Wildman–Crippen MR) is 84.1 cm³/mol. The molecule has 0 atom stereocenters. The first-order chi connectivity index (χ1) is 9.49. The van der Waals surface area contributed by atoms with Crippen molar-refractivity contribution in [2.24, 2.45) is 0 Å². The van der Waals surface area contributed by atoms with Crippen molar-refractivity contribution in [1.82, 2.24) is 0 Å². The largest absolute Gasteiger partial charge is 0.457 e. The summed E-state index contributed by atoms with van der Waals surface area (Å²) in [6.45, 7) is 0.128. The van der Waals surface area contributed by atoms with Crippen molar-refractivity contribution in [3.05, 3.63) is 62.0 Å². The van der Waals surface area contributed by atoms with Gasteiger partial charge in [0, 0.05) is 15.7 Å². The molecule has 0 saturated carbocycles. The van der Waals surface area contributed by atoms with Gasteiger partial charge >= 0.3 is 5.97 Å². The zero-order chi connectivity index (χ0) is 14.7. The van der Waals surface area contributed by atoms with Gasteiger partial charge in [-0.3, -0.25) is 0 Å². The van der Waals surface area contributed by atoms with Gasteiger partial charge in [0.25, 0.3) is 0 Å². The van der Waals surface area contributed by atoms with Gasteiger partial charge in [0.05, 0.1) is 15.6 Å². The fraction of sp³-hybridized carbons (Fsp3) is 0.0714. The molecule has 0 unspecified atom stereocenters. The van der Waals surface area contributed by atoms with Crippen molar-refractivity contribution in [1.29, 1.82) is 0 Å². The Balaban J connectivity index is 2.15. The van der Waals surface area contributed by atoms with E-state index < -0.39 is 5.97 Å². The van der Waals surface area contributed by atoms with Crippen LogP contribution in [-0.2, 0) is 11.3 Å². The molecule has 0 fully saturated rings. The molecule has 104 valence electrons. The van der Waals surface area contributed by atoms with E-state index in [1.165, 1.54) is 12.1 Å². The summed E-state index contributed by atoms with van der Waals surface area (Å²) < 4.78 is 6.08. The van der Waals surface area contributed by atoms with Crippen LogP contribution in [0.1, 0.15) is 15.9 Å². The Kier molecular flexibility index (Phi) is 4.91. The molecule has 3 nitrogen and oxygen atoms in total. The molecule has 0 aliphatic rings. The Bertz CT molecular complexity index is 662. The number of carbonyl (C=O) groups excluding carboxylic acids is 1. The number of nitrogens with two attached hydrogens (primary N) is 1. The summed E-state index contributed by atoms with van der Waals surface area (Å²) in [5.41, 5.74) is 7.00. The van der Waals surface area contributed by atoms with E-state index in [1.807, 2.05) is 24.3 Å². The molecular weight excluding hydrogens is 365 g/mol. The number of hydrogen-bond donors (Lipinski definition) is 1. The maximum Gasteiger partial charge on any atom is 0.340 e. The molecule has 20 heavy (non-hydrogen) atoms. The van der Waals surface area contributed by atoms with E-state index in [4.69, 9.17) is 33.7 Å². The van der Waals surface area contributed by atoms with Crippen LogP contribution in [0, 0.1) is 0 Å². The van der Waals surface area contributed by atoms with Crippen LogP contribution in [0.25, 0.3) is 0 Å². The molecule has 0 spiro atoms. The Morgan fingerprint density at radius 2 is 1.95 bits per heavy atom. The first-order valence-electron chi connectivity index (χ1n) is 5.64. The van der Waals surface area contributed by atoms with E-state index in [1.54, 1.807) is 0 Å². The second-order valence-electron chi connectivity index (χ2n) is 4.03. The van der Waals surface area contributed by atoms with Gasteiger partial charge in [0.1, 0.15) is 6.61 Å². The van der Waals surface area contributed by atoms with Crippen LogP contribution < -0.4 is 5.73 Å². The van der Waals surface area contributed by atoms with Crippen LogP contribution in [0.15, 0.2) is 40.9 Å². The zero-order valence-electron chi connectivity index (χ0n) is 10.2. The predicted octanol–water partition coefficient (Wildman–Crippen LogP) is 4.70. The number of carbonyl (C=O) groups is 1. The third-order valence-corrected chi connectivity index (χ3v) is 4.16. The van der Waals surface area contributed by atoms with Crippen molar-refractivity contribution in [3.63, 3.8) is 0 Å². The van der Waals surface area contributed by atoms with Crippen LogP contribution in [0.4, 0.5) is 5.69 Å². The molecule has 0 aliphatic carbocycles. The van der Waals surface area contributed by atoms with Gasteiger partial charge in [0.15, 0.2) is 0 Å². The molecule has 0 radical (unpaired) electrons. The highest BCUT2D eigenvalue weighted by molar-refractivity contribution is 9.10. The Hall–Kier alpha value is -1.23. The fourth-order valence-corrected chi connectivity index (χ4v) is 2.41. The molecule has 0 bridgehead atoms. The lowest BCUT2D eigenvalue weighted by Crippen LogP contribution is -2.07. The van der Waals surface area contributed by atoms with Gasteiger partial charge in [-0.1, -0.05) is 57.3 Å². The number of esters is 1. The van der Waals surface area contributed by atoms with Gasteiger partial charge in [-0.2, -0.15) is 0 Å². The number of hydrogen-bond acceptors (Lipinski definition) is 3. The van der Waals surface area contributed by atoms with E-state index in [0.717, 1.165) is 10.0 Å². The minimum atomic E-state index is -0.569. The summed E-state index contributed by atoms with van der Waals surface area (Å²) >= 11 is 15.2. The highest BCUT2D eigenvalue weighted by Crippen LogP contribution is 2.29.